The number of H-pyrrole nitrogens is 1. The molecule has 1 aromatic carbocycles. The van der Waals surface area contributed by atoms with Gasteiger partial charge in [0, 0.05) is 30.3 Å². The summed E-state index contributed by atoms with van der Waals surface area (Å²) in [6, 6.07) is 7.18. The van der Waals surface area contributed by atoms with Gasteiger partial charge in [-0.3, -0.25) is 4.79 Å². The molecule has 0 aliphatic heterocycles. The fourth-order valence-corrected chi connectivity index (χ4v) is 2.50. The van der Waals surface area contributed by atoms with Crippen molar-refractivity contribution < 1.29 is 14.3 Å². The normalized spacial score (nSPS) is 10.7. The highest BCUT2D eigenvalue weighted by molar-refractivity contribution is 6.17. The van der Waals surface area contributed by atoms with E-state index in [-0.39, 0.29) is 5.88 Å². The highest BCUT2D eigenvalue weighted by atomic mass is 35.5. The highest BCUT2D eigenvalue weighted by Crippen LogP contribution is 2.26. The third-order valence-corrected chi connectivity index (χ3v) is 3.73. The molecule has 0 radical (unpaired) electrons. The Morgan fingerprint density at radius 2 is 2.15 bits per heavy atom. The summed E-state index contributed by atoms with van der Waals surface area (Å²) < 4.78 is 10.6. The summed E-state index contributed by atoms with van der Waals surface area (Å²) in [7, 11) is 0. The molecule has 0 aliphatic carbocycles. The van der Waals surface area contributed by atoms with E-state index in [1.54, 1.807) is 6.07 Å². The van der Waals surface area contributed by atoms with E-state index in [0.717, 1.165) is 29.5 Å². The Labute approximate surface area is 154 Å². The second kappa shape index (κ2) is 8.48. The predicted octanol–water partition coefficient (Wildman–Crippen LogP) is 3.42. The number of fused-ring (bicyclic) bond motifs is 1. The molecule has 3 rings (SSSR count). The van der Waals surface area contributed by atoms with Crippen LogP contribution in [0.3, 0.4) is 0 Å². The van der Waals surface area contributed by atoms with Crippen LogP contribution in [0.5, 0.6) is 11.6 Å². The number of anilines is 2. The standard InChI is InChI=1S/C17H18ClN5O3/c1-11(24)26-16-9-15(22-23-16)21-17-13-5-4-12(25-7-3-2-6-18)8-14(13)19-10-20-17/h4-5,8-10H,2-3,6-7H2,1H3,(H2,19,20,21,22,23). The van der Waals surface area contributed by atoms with Crippen molar-refractivity contribution in [3.05, 3.63) is 30.6 Å². The summed E-state index contributed by atoms with van der Waals surface area (Å²) in [4.78, 5) is 19.5. The van der Waals surface area contributed by atoms with E-state index in [0.29, 0.717) is 24.1 Å². The number of carbonyl (C=O) groups excluding carboxylic acids is 1. The minimum absolute atomic E-state index is 0.256. The van der Waals surface area contributed by atoms with Gasteiger partial charge in [0.15, 0.2) is 5.82 Å². The number of unbranched alkanes of at least 4 members (excludes halogenated alkanes) is 1. The largest absolute Gasteiger partial charge is 0.494 e. The number of alkyl halides is 1. The van der Waals surface area contributed by atoms with Crippen molar-refractivity contribution in [1.29, 1.82) is 0 Å². The van der Waals surface area contributed by atoms with E-state index in [1.165, 1.54) is 13.3 Å². The Hall–Kier alpha value is -2.87. The van der Waals surface area contributed by atoms with Gasteiger partial charge in [0.05, 0.1) is 12.1 Å². The maximum Gasteiger partial charge on any atom is 0.309 e. The molecule has 9 heteroatoms. The van der Waals surface area contributed by atoms with Crippen LogP contribution >= 0.6 is 11.6 Å². The first-order chi connectivity index (χ1) is 12.7. The number of hydrogen-bond acceptors (Lipinski definition) is 7. The number of rotatable bonds is 8. The number of halogens is 1. The lowest BCUT2D eigenvalue weighted by Crippen LogP contribution is -2.01. The van der Waals surface area contributed by atoms with Gasteiger partial charge in [-0.15, -0.1) is 11.6 Å². The van der Waals surface area contributed by atoms with Crippen LogP contribution in [0.25, 0.3) is 10.9 Å². The molecule has 2 N–H and O–H groups in total. The van der Waals surface area contributed by atoms with Crippen LogP contribution in [0.1, 0.15) is 19.8 Å². The molecular formula is C17H18ClN5O3. The minimum atomic E-state index is -0.425. The first-order valence-corrected chi connectivity index (χ1v) is 8.63. The lowest BCUT2D eigenvalue weighted by Gasteiger charge is -2.09. The summed E-state index contributed by atoms with van der Waals surface area (Å²) in [5.74, 6) is 2.27. The van der Waals surface area contributed by atoms with Gasteiger partial charge >= 0.3 is 5.97 Å². The summed E-state index contributed by atoms with van der Waals surface area (Å²) in [5.41, 5.74) is 0.744. The van der Waals surface area contributed by atoms with Crippen LogP contribution in [0, 0.1) is 0 Å². The Morgan fingerprint density at radius 1 is 1.27 bits per heavy atom. The second-order valence-electron chi connectivity index (χ2n) is 5.48. The molecule has 0 aliphatic rings. The van der Waals surface area contributed by atoms with Gasteiger partial charge in [0.25, 0.3) is 0 Å². The maximum absolute atomic E-state index is 11.0. The van der Waals surface area contributed by atoms with Crippen molar-refractivity contribution in [2.24, 2.45) is 0 Å². The SMILES string of the molecule is CC(=O)Oc1cc(Nc2ncnc3cc(OCCCCCl)ccc23)n[nH]1. The summed E-state index contributed by atoms with van der Waals surface area (Å²) in [6.07, 6.45) is 3.29. The molecule has 2 heterocycles. The number of nitrogens with zero attached hydrogens (tertiary/aromatic N) is 3. The number of nitrogens with one attached hydrogen (secondary N) is 2. The number of benzene rings is 1. The fourth-order valence-electron chi connectivity index (χ4n) is 2.31. The average Bonchev–Trinajstić information content (AvgIpc) is 3.05. The molecule has 26 heavy (non-hydrogen) atoms. The zero-order chi connectivity index (χ0) is 18.4. The highest BCUT2D eigenvalue weighted by Gasteiger charge is 2.09. The van der Waals surface area contributed by atoms with Gasteiger partial charge in [-0.2, -0.15) is 5.10 Å². The van der Waals surface area contributed by atoms with Crippen molar-refractivity contribution in [3.63, 3.8) is 0 Å². The van der Waals surface area contributed by atoms with E-state index in [4.69, 9.17) is 21.1 Å². The number of hydrogen-bond donors (Lipinski definition) is 2. The van der Waals surface area contributed by atoms with Gasteiger partial charge in [-0.05, 0) is 25.0 Å². The Balaban J connectivity index is 1.74. The van der Waals surface area contributed by atoms with E-state index in [9.17, 15) is 4.79 Å². The first kappa shape index (κ1) is 17.9. The van der Waals surface area contributed by atoms with Crippen LogP contribution in [-0.2, 0) is 4.79 Å². The quantitative estimate of drug-likeness (QED) is 0.353. The molecule has 0 bridgehead atoms. The summed E-state index contributed by atoms with van der Waals surface area (Å²) in [5, 5.41) is 10.6. The third kappa shape index (κ3) is 4.60. The molecule has 0 saturated carbocycles. The van der Waals surface area contributed by atoms with E-state index >= 15 is 0 Å². The number of esters is 1. The fraction of sp³-hybridized carbons (Fsp3) is 0.294. The van der Waals surface area contributed by atoms with Gasteiger partial charge in [0.1, 0.15) is 17.9 Å². The molecule has 136 valence electrons. The van der Waals surface area contributed by atoms with Crippen LogP contribution in [-0.4, -0.2) is 38.6 Å². The van der Waals surface area contributed by atoms with E-state index < -0.39 is 5.97 Å². The number of aromatic nitrogens is 4. The van der Waals surface area contributed by atoms with Crippen molar-refractivity contribution in [2.75, 3.05) is 17.8 Å². The second-order valence-corrected chi connectivity index (χ2v) is 5.86. The van der Waals surface area contributed by atoms with Gasteiger partial charge in [0.2, 0.25) is 5.88 Å². The topological polar surface area (TPSA) is 102 Å². The maximum atomic E-state index is 11.0. The van der Waals surface area contributed by atoms with Crippen LogP contribution in [0.4, 0.5) is 11.6 Å². The first-order valence-electron chi connectivity index (χ1n) is 8.10. The van der Waals surface area contributed by atoms with Gasteiger partial charge in [-0.25, -0.2) is 15.1 Å². The molecule has 0 unspecified atom stereocenters. The third-order valence-electron chi connectivity index (χ3n) is 3.46. The Kier molecular flexibility index (Phi) is 5.85. The predicted molar refractivity (Wildman–Crippen MR) is 98.2 cm³/mol. The molecule has 0 fully saturated rings. The number of carbonyl (C=O) groups is 1. The van der Waals surface area contributed by atoms with Crippen molar-refractivity contribution in [2.45, 2.75) is 19.8 Å². The van der Waals surface area contributed by atoms with Crippen molar-refractivity contribution in [1.82, 2.24) is 20.2 Å². The van der Waals surface area contributed by atoms with Crippen LogP contribution in [0.2, 0.25) is 0 Å². The van der Waals surface area contributed by atoms with Crippen LogP contribution < -0.4 is 14.8 Å². The molecule has 0 atom stereocenters. The number of aromatic amines is 1. The van der Waals surface area contributed by atoms with Gasteiger partial charge in [-0.1, -0.05) is 0 Å². The smallest absolute Gasteiger partial charge is 0.309 e. The molecular weight excluding hydrogens is 358 g/mol. The zero-order valence-corrected chi connectivity index (χ0v) is 14.9. The monoisotopic (exact) mass is 375 g/mol. The molecule has 2 aromatic heterocycles. The lowest BCUT2D eigenvalue weighted by molar-refractivity contribution is -0.132. The Bertz CT molecular complexity index is 899. The summed E-state index contributed by atoms with van der Waals surface area (Å²) >= 11 is 5.66. The van der Waals surface area contributed by atoms with E-state index in [2.05, 4.69) is 25.5 Å². The summed E-state index contributed by atoms with van der Waals surface area (Å²) in [6.45, 7) is 1.93. The van der Waals surface area contributed by atoms with Crippen molar-refractivity contribution >= 4 is 40.1 Å². The lowest BCUT2D eigenvalue weighted by atomic mass is 10.2. The van der Waals surface area contributed by atoms with Crippen LogP contribution in [0.15, 0.2) is 30.6 Å². The Morgan fingerprint density at radius 3 is 2.96 bits per heavy atom. The molecule has 3 aromatic rings. The molecule has 0 amide bonds. The zero-order valence-electron chi connectivity index (χ0n) is 14.2. The van der Waals surface area contributed by atoms with Crippen molar-refractivity contribution in [3.8, 4) is 11.6 Å². The molecule has 0 spiro atoms. The number of ether oxygens (including phenoxy) is 2. The molecule has 0 saturated heterocycles. The van der Waals surface area contributed by atoms with Gasteiger partial charge < -0.3 is 14.8 Å². The van der Waals surface area contributed by atoms with E-state index in [1.807, 2.05) is 18.2 Å². The minimum Gasteiger partial charge on any atom is -0.494 e. The average molecular weight is 376 g/mol. The molecule has 8 nitrogen and oxygen atoms in total.